The number of sulfonamides is 1. The molecule has 1 aromatic heterocycles. The zero-order chi connectivity index (χ0) is 39.6. The molecule has 3 aromatic rings. The summed E-state index contributed by atoms with van der Waals surface area (Å²) >= 11 is 1.35. The van der Waals surface area contributed by atoms with Crippen LogP contribution >= 0.6 is 11.3 Å². The van der Waals surface area contributed by atoms with Gasteiger partial charge in [-0.3, -0.25) is 4.79 Å². The molecule has 15 heteroatoms. The molecule has 2 aliphatic rings. The summed E-state index contributed by atoms with van der Waals surface area (Å²) in [5, 5.41) is 19.3. The van der Waals surface area contributed by atoms with Gasteiger partial charge in [-0.05, 0) is 87.4 Å². The lowest BCUT2D eigenvalue weighted by Crippen LogP contribution is -2.53. The molecule has 6 atom stereocenters. The smallest absolute Gasteiger partial charge is 0.306 e. The van der Waals surface area contributed by atoms with Crippen LogP contribution in [0.3, 0.4) is 0 Å². The van der Waals surface area contributed by atoms with Gasteiger partial charge in [0.25, 0.3) is 0 Å². The number of hydrogen-bond acceptors (Lipinski definition) is 11. The molecule has 0 radical (unpaired) electrons. The molecular formula is C39H56F2N4O7S2. The standard InChI is InChI=1S/C39H56F2N4O7S2/c1-23(2)19-45(54(48,49)29-9-10-30-33(18-29)53-37(44-30)43-24(3)4)20-31(46)26(13-25-14-27(40)17-28(41)15-25)16-34(47)52-32-21-50-36-35(32)39(8,22-51-36)42-12-11-38(5,6)7/h9-10,14-15,17-18,23-24,26,31-32,35-36,42,46H,11-13,16,19-22H2,1-8H3,(H,43,44)/t26-,31-,32+,35+,36+,39+/m1/s1. The van der Waals surface area contributed by atoms with Crippen molar-refractivity contribution in [3.8, 4) is 0 Å². The Bertz CT molecular complexity index is 1850. The van der Waals surface area contributed by atoms with Crippen LogP contribution in [-0.4, -0.2) is 91.7 Å². The van der Waals surface area contributed by atoms with E-state index < -0.39 is 57.6 Å². The van der Waals surface area contributed by atoms with E-state index in [9.17, 15) is 27.1 Å². The van der Waals surface area contributed by atoms with E-state index in [1.807, 2.05) is 34.6 Å². The Balaban J connectivity index is 1.36. The summed E-state index contributed by atoms with van der Waals surface area (Å²) in [6.07, 6.45) is -2.12. The van der Waals surface area contributed by atoms with Crippen molar-refractivity contribution in [2.75, 3.05) is 38.2 Å². The maximum Gasteiger partial charge on any atom is 0.306 e. The van der Waals surface area contributed by atoms with Crippen molar-refractivity contribution in [3.05, 3.63) is 53.6 Å². The van der Waals surface area contributed by atoms with E-state index in [-0.39, 0.29) is 66.3 Å². The number of esters is 1. The fourth-order valence-corrected chi connectivity index (χ4v) is 9.93. The van der Waals surface area contributed by atoms with Gasteiger partial charge in [0, 0.05) is 31.1 Å². The zero-order valence-electron chi connectivity index (χ0n) is 32.5. The van der Waals surface area contributed by atoms with E-state index in [0.29, 0.717) is 22.0 Å². The van der Waals surface area contributed by atoms with Gasteiger partial charge in [0.05, 0.1) is 52.3 Å². The van der Waals surface area contributed by atoms with Crippen molar-refractivity contribution in [1.29, 1.82) is 0 Å². The highest BCUT2D eigenvalue weighted by molar-refractivity contribution is 7.89. The second-order valence-corrected chi connectivity index (χ2v) is 19.9. The van der Waals surface area contributed by atoms with Gasteiger partial charge in [0.2, 0.25) is 10.0 Å². The molecule has 2 fully saturated rings. The van der Waals surface area contributed by atoms with E-state index in [0.717, 1.165) is 31.2 Å². The van der Waals surface area contributed by atoms with E-state index in [1.54, 1.807) is 12.1 Å². The van der Waals surface area contributed by atoms with Crippen LogP contribution in [0.25, 0.3) is 10.2 Å². The SMILES string of the molecule is CC(C)CN(C[C@@H](O)[C@@H](CC(=O)O[C@H]1CO[C@H]2OC[C@](C)(NCCC(C)(C)C)[C@H]21)Cc1cc(F)cc(F)c1)S(=O)(=O)c1ccc2nc(NC(C)C)sc2c1. The molecule has 2 aromatic carbocycles. The topological polar surface area (TPSA) is 139 Å². The average molecular weight is 795 g/mol. The lowest BCUT2D eigenvalue weighted by Gasteiger charge is -2.34. The second kappa shape index (κ2) is 17.1. The predicted octanol–water partition coefficient (Wildman–Crippen LogP) is 6.35. The number of fused-ring (bicyclic) bond motifs is 2. The lowest BCUT2D eigenvalue weighted by molar-refractivity contribution is -0.154. The monoisotopic (exact) mass is 794 g/mol. The molecule has 0 bridgehead atoms. The molecule has 3 N–H and O–H groups in total. The third-order valence-corrected chi connectivity index (χ3v) is 12.6. The Labute approximate surface area is 322 Å². The van der Waals surface area contributed by atoms with E-state index in [1.165, 1.54) is 21.7 Å². The predicted molar refractivity (Wildman–Crippen MR) is 206 cm³/mol. The van der Waals surface area contributed by atoms with Crippen LogP contribution in [0.2, 0.25) is 0 Å². The summed E-state index contributed by atoms with van der Waals surface area (Å²) in [4.78, 5) is 18.3. The number of benzene rings is 2. The van der Waals surface area contributed by atoms with Crippen LogP contribution < -0.4 is 10.6 Å². The fraction of sp³-hybridized carbons (Fsp3) is 0.641. The van der Waals surface area contributed by atoms with Crippen molar-refractivity contribution in [1.82, 2.24) is 14.6 Å². The number of aliphatic hydroxyl groups is 1. The molecule has 3 heterocycles. The summed E-state index contributed by atoms with van der Waals surface area (Å²) in [5.74, 6) is -3.61. The molecule has 300 valence electrons. The maximum atomic E-state index is 14.3. The zero-order valence-corrected chi connectivity index (χ0v) is 34.2. The number of carbonyl (C=O) groups is 1. The van der Waals surface area contributed by atoms with Crippen molar-refractivity contribution >= 4 is 42.7 Å². The first kappa shape index (κ1) is 42.4. The molecule has 5 rings (SSSR count). The number of aromatic nitrogens is 1. The molecular weight excluding hydrogens is 739 g/mol. The molecule has 11 nitrogen and oxygen atoms in total. The first-order valence-corrected chi connectivity index (χ1v) is 21.0. The Morgan fingerprint density at radius 3 is 2.46 bits per heavy atom. The largest absolute Gasteiger partial charge is 0.459 e. The first-order valence-electron chi connectivity index (χ1n) is 18.7. The van der Waals surface area contributed by atoms with Crippen LogP contribution in [0, 0.1) is 34.8 Å². The van der Waals surface area contributed by atoms with Crippen LogP contribution in [0.5, 0.6) is 0 Å². The number of aliphatic hydroxyl groups excluding tert-OH is 1. The first-order chi connectivity index (χ1) is 25.2. The maximum absolute atomic E-state index is 14.3. The molecule has 54 heavy (non-hydrogen) atoms. The Morgan fingerprint density at radius 1 is 1.11 bits per heavy atom. The van der Waals surface area contributed by atoms with Gasteiger partial charge in [-0.1, -0.05) is 46.0 Å². The minimum Gasteiger partial charge on any atom is -0.459 e. The summed E-state index contributed by atoms with van der Waals surface area (Å²) in [7, 11) is -4.15. The van der Waals surface area contributed by atoms with Gasteiger partial charge in [-0.25, -0.2) is 22.2 Å². The summed E-state index contributed by atoms with van der Waals surface area (Å²) in [6, 6.07) is 7.90. The van der Waals surface area contributed by atoms with Crippen molar-refractivity contribution in [3.63, 3.8) is 0 Å². The van der Waals surface area contributed by atoms with Crippen LogP contribution in [0.4, 0.5) is 13.9 Å². The highest BCUT2D eigenvalue weighted by atomic mass is 32.2. The van der Waals surface area contributed by atoms with Gasteiger partial charge < -0.3 is 30.0 Å². The number of rotatable bonds is 17. The van der Waals surface area contributed by atoms with Gasteiger partial charge >= 0.3 is 5.97 Å². The molecule has 0 unspecified atom stereocenters. The number of carbonyl (C=O) groups excluding carboxylic acids is 1. The quantitative estimate of drug-likeness (QED) is 0.133. The van der Waals surface area contributed by atoms with E-state index in [4.69, 9.17) is 14.2 Å². The van der Waals surface area contributed by atoms with Gasteiger partial charge in [-0.15, -0.1) is 0 Å². The lowest BCUT2D eigenvalue weighted by atomic mass is 9.84. The van der Waals surface area contributed by atoms with Gasteiger partial charge in [-0.2, -0.15) is 4.31 Å². The molecule has 0 saturated carbocycles. The minimum atomic E-state index is -4.15. The summed E-state index contributed by atoms with van der Waals surface area (Å²) in [6.45, 7) is 17.2. The Hall–Kier alpha value is -2.79. The Morgan fingerprint density at radius 2 is 1.81 bits per heavy atom. The number of anilines is 1. The summed E-state index contributed by atoms with van der Waals surface area (Å²) < 4.78 is 76.8. The number of nitrogens with zero attached hydrogens (tertiary/aromatic N) is 2. The van der Waals surface area contributed by atoms with Crippen molar-refractivity contribution in [2.45, 2.75) is 110 Å². The highest BCUT2D eigenvalue weighted by Crippen LogP contribution is 2.41. The molecule has 2 saturated heterocycles. The second-order valence-electron chi connectivity index (χ2n) is 16.9. The summed E-state index contributed by atoms with van der Waals surface area (Å²) in [5.41, 5.74) is 0.473. The van der Waals surface area contributed by atoms with Gasteiger partial charge in [0.1, 0.15) is 17.7 Å². The average Bonchev–Trinajstić information content (AvgIpc) is 3.73. The Kier molecular flexibility index (Phi) is 13.4. The highest BCUT2D eigenvalue weighted by Gasteiger charge is 2.56. The number of halogens is 2. The van der Waals surface area contributed by atoms with Crippen LogP contribution in [0.1, 0.15) is 73.8 Å². The van der Waals surface area contributed by atoms with Gasteiger partial charge in [0.15, 0.2) is 11.4 Å². The number of ether oxygens (including phenoxy) is 3. The normalized spacial score (nSPS) is 23.0. The number of thiazole rings is 1. The van der Waals surface area contributed by atoms with E-state index in [2.05, 4.69) is 36.4 Å². The molecule has 0 amide bonds. The minimum absolute atomic E-state index is 0.0412. The third-order valence-electron chi connectivity index (χ3n) is 9.85. The molecule has 0 aliphatic carbocycles. The van der Waals surface area contributed by atoms with Crippen molar-refractivity contribution < 1.29 is 41.3 Å². The van der Waals surface area contributed by atoms with Crippen LogP contribution in [0.15, 0.2) is 41.3 Å². The third kappa shape index (κ3) is 10.7. The molecule has 2 aliphatic heterocycles. The number of nitrogens with one attached hydrogen (secondary N) is 2. The van der Waals surface area contributed by atoms with Crippen molar-refractivity contribution in [2.24, 2.45) is 23.2 Å². The van der Waals surface area contributed by atoms with Crippen LogP contribution in [-0.2, 0) is 35.4 Å². The van der Waals surface area contributed by atoms with E-state index >= 15 is 0 Å². The number of hydrogen-bond donors (Lipinski definition) is 3. The molecule has 0 spiro atoms. The fourth-order valence-electron chi connectivity index (χ4n) is 7.15.